The summed E-state index contributed by atoms with van der Waals surface area (Å²) in [5.41, 5.74) is 0.738. The van der Waals surface area contributed by atoms with Gasteiger partial charge in [0.2, 0.25) is 0 Å². The lowest BCUT2D eigenvalue weighted by Crippen LogP contribution is -2.43. The Hall–Kier alpha value is -0.770. The molecule has 2 atom stereocenters. The Bertz CT molecular complexity index is 425. The van der Waals surface area contributed by atoms with Crippen molar-refractivity contribution in [2.24, 2.45) is 0 Å². The van der Waals surface area contributed by atoms with Gasteiger partial charge in [-0.25, -0.2) is 0 Å². The minimum absolute atomic E-state index is 0.0334. The van der Waals surface area contributed by atoms with Gasteiger partial charge in [0.15, 0.2) is 0 Å². The number of halogens is 1. The Kier molecular flexibility index (Phi) is 6.80. The Morgan fingerprint density at radius 3 is 2.50 bits per heavy atom. The van der Waals surface area contributed by atoms with Crippen LogP contribution in [0.4, 0.5) is 0 Å². The van der Waals surface area contributed by atoms with Gasteiger partial charge in [0, 0.05) is 17.2 Å². The van der Waals surface area contributed by atoms with E-state index in [4.69, 9.17) is 21.1 Å². The van der Waals surface area contributed by atoms with E-state index in [1.807, 2.05) is 25.1 Å². The van der Waals surface area contributed by atoms with E-state index in [1.165, 1.54) is 0 Å². The molecule has 1 aromatic carbocycles. The maximum atomic E-state index is 6.16. The summed E-state index contributed by atoms with van der Waals surface area (Å²) in [6.07, 6.45) is 0.897. The van der Waals surface area contributed by atoms with Gasteiger partial charge in [-0.1, -0.05) is 25.4 Å². The highest BCUT2D eigenvalue weighted by atomic mass is 35.5. The number of methoxy groups -OCH3 is 1. The molecule has 0 saturated carbocycles. The molecule has 0 spiro atoms. The van der Waals surface area contributed by atoms with Crippen molar-refractivity contribution in [3.63, 3.8) is 0 Å². The molecule has 1 aromatic rings. The summed E-state index contributed by atoms with van der Waals surface area (Å²) in [6.45, 7) is 9.90. The predicted octanol–water partition coefficient (Wildman–Crippen LogP) is 4.20. The highest BCUT2D eigenvalue weighted by Crippen LogP contribution is 2.38. The van der Waals surface area contributed by atoms with Gasteiger partial charge >= 0.3 is 0 Å². The fraction of sp³-hybridized carbons (Fsp3) is 0.625. The molecular formula is C16H26ClNO2. The smallest absolute Gasteiger partial charge is 0.123 e. The SMILES string of the molecule is CCNC(c1cc(Cl)ccc1OC)C(C)(CC)OCC. The van der Waals surface area contributed by atoms with Gasteiger partial charge in [0.05, 0.1) is 18.8 Å². The van der Waals surface area contributed by atoms with E-state index in [-0.39, 0.29) is 11.6 Å². The molecule has 0 aliphatic rings. The van der Waals surface area contributed by atoms with Crippen LogP contribution in [-0.4, -0.2) is 25.9 Å². The first-order chi connectivity index (χ1) is 9.52. The first kappa shape index (κ1) is 17.3. The number of likely N-dealkylation sites (N-methyl/N-ethyl adjacent to an activating group) is 1. The van der Waals surface area contributed by atoms with E-state index in [9.17, 15) is 0 Å². The zero-order valence-electron chi connectivity index (χ0n) is 13.1. The van der Waals surface area contributed by atoms with Gasteiger partial charge in [0.1, 0.15) is 5.75 Å². The van der Waals surface area contributed by atoms with Crippen LogP contribution >= 0.6 is 11.6 Å². The van der Waals surface area contributed by atoms with Crippen molar-refractivity contribution in [2.75, 3.05) is 20.3 Å². The third-order valence-electron chi connectivity index (χ3n) is 3.70. The van der Waals surface area contributed by atoms with Gasteiger partial charge in [-0.3, -0.25) is 0 Å². The molecule has 0 bridgehead atoms. The number of hydrogen-bond acceptors (Lipinski definition) is 3. The third kappa shape index (κ3) is 3.87. The number of rotatable bonds is 8. The van der Waals surface area contributed by atoms with Gasteiger partial charge in [-0.2, -0.15) is 0 Å². The molecule has 0 saturated heterocycles. The van der Waals surface area contributed by atoms with Gasteiger partial charge in [-0.05, 0) is 45.0 Å². The number of nitrogens with one attached hydrogen (secondary N) is 1. The number of benzene rings is 1. The normalized spacial score (nSPS) is 15.7. The molecule has 0 fully saturated rings. The van der Waals surface area contributed by atoms with E-state index in [2.05, 4.69) is 26.1 Å². The molecular weight excluding hydrogens is 274 g/mol. The van der Waals surface area contributed by atoms with Crippen molar-refractivity contribution in [1.29, 1.82) is 0 Å². The van der Waals surface area contributed by atoms with Crippen molar-refractivity contribution >= 4 is 11.6 Å². The van der Waals surface area contributed by atoms with Crippen LogP contribution in [0, 0.1) is 0 Å². The van der Waals surface area contributed by atoms with Crippen LogP contribution in [0.3, 0.4) is 0 Å². The van der Waals surface area contributed by atoms with E-state index in [1.54, 1.807) is 7.11 Å². The second-order valence-electron chi connectivity index (χ2n) is 4.98. The van der Waals surface area contributed by atoms with Gasteiger partial charge < -0.3 is 14.8 Å². The average molecular weight is 300 g/mol. The Labute approximate surface area is 127 Å². The lowest BCUT2D eigenvalue weighted by molar-refractivity contribution is -0.0564. The lowest BCUT2D eigenvalue weighted by Gasteiger charge is -2.38. The number of ether oxygens (including phenoxy) is 2. The van der Waals surface area contributed by atoms with E-state index in [0.717, 1.165) is 24.3 Å². The largest absolute Gasteiger partial charge is 0.496 e. The summed E-state index contributed by atoms with van der Waals surface area (Å²) in [5.74, 6) is 0.833. The maximum Gasteiger partial charge on any atom is 0.123 e. The monoisotopic (exact) mass is 299 g/mol. The quantitative estimate of drug-likeness (QED) is 0.780. The van der Waals surface area contributed by atoms with Crippen LogP contribution in [0.1, 0.15) is 45.7 Å². The Morgan fingerprint density at radius 1 is 1.30 bits per heavy atom. The minimum atomic E-state index is -0.303. The molecule has 2 unspecified atom stereocenters. The highest BCUT2D eigenvalue weighted by molar-refractivity contribution is 6.30. The topological polar surface area (TPSA) is 30.5 Å². The van der Waals surface area contributed by atoms with Crippen LogP contribution in [0.25, 0.3) is 0 Å². The molecule has 1 N–H and O–H groups in total. The molecule has 0 heterocycles. The lowest BCUT2D eigenvalue weighted by atomic mass is 9.87. The molecule has 0 amide bonds. The second-order valence-corrected chi connectivity index (χ2v) is 5.41. The summed E-state index contributed by atoms with van der Waals surface area (Å²) in [4.78, 5) is 0. The summed E-state index contributed by atoms with van der Waals surface area (Å²) in [7, 11) is 1.68. The summed E-state index contributed by atoms with van der Waals surface area (Å²) >= 11 is 6.16. The predicted molar refractivity (Wildman–Crippen MR) is 84.7 cm³/mol. The van der Waals surface area contributed by atoms with Crippen LogP contribution in [0.5, 0.6) is 5.75 Å². The molecule has 1 rings (SSSR count). The third-order valence-corrected chi connectivity index (χ3v) is 3.93. The average Bonchev–Trinajstić information content (AvgIpc) is 2.44. The fourth-order valence-corrected chi connectivity index (χ4v) is 2.69. The summed E-state index contributed by atoms with van der Waals surface area (Å²) < 4.78 is 11.5. The minimum Gasteiger partial charge on any atom is -0.496 e. The van der Waals surface area contributed by atoms with Crippen LogP contribution in [0.2, 0.25) is 5.02 Å². The molecule has 0 aromatic heterocycles. The standard InChI is InChI=1S/C16H26ClNO2/c1-6-16(4,20-8-3)15(18-7-2)13-11-12(17)9-10-14(13)19-5/h9-11,15,18H,6-8H2,1-5H3. The highest BCUT2D eigenvalue weighted by Gasteiger charge is 2.35. The summed E-state index contributed by atoms with van der Waals surface area (Å²) in [6, 6.07) is 5.74. The molecule has 0 aliphatic carbocycles. The first-order valence-corrected chi connectivity index (χ1v) is 7.60. The maximum absolute atomic E-state index is 6.16. The molecule has 3 nitrogen and oxygen atoms in total. The molecule has 20 heavy (non-hydrogen) atoms. The zero-order chi connectivity index (χ0) is 15.2. The summed E-state index contributed by atoms with van der Waals surface area (Å²) in [5, 5.41) is 4.22. The molecule has 4 heteroatoms. The zero-order valence-corrected chi connectivity index (χ0v) is 13.9. The Balaban J connectivity index is 3.28. The van der Waals surface area contributed by atoms with Crippen molar-refractivity contribution in [2.45, 2.75) is 45.8 Å². The van der Waals surface area contributed by atoms with Crippen LogP contribution in [-0.2, 0) is 4.74 Å². The molecule has 0 radical (unpaired) electrons. The van der Waals surface area contributed by atoms with E-state index in [0.29, 0.717) is 11.6 Å². The van der Waals surface area contributed by atoms with Crippen molar-refractivity contribution in [3.8, 4) is 5.75 Å². The van der Waals surface area contributed by atoms with Gasteiger partial charge in [0.25, 0.3) is 0 Å². The molecule has 0 aliphatic heterocycles. The first-order valence-electron chi connectivity index (χ1n) is 7.23. The van der Waals surface area contributed by atoms with E-state index < -0.39 is 0 Å². The van der Waals surface area contributed by atoms with Crippen molar-refractivity contribution < 1.29 is 9.47 Å². The van der Waals surface area contributed by atoms with Crippen molar-refractivity contribution in [3.05, 3.63) is 28.8 Å². The second kappa shape index (κ2) is 7.87. The van der Waals surface area contributed by atoms with Crippen LogP contribution in [0.15, 0.2) is 18.2 Å². The van der Waals surface area contributed by atoms with E-state index >= 15 is 0 Å². The fourth-order valence-electron chi connectivity index (χ4n) is 2.51. The van der Waals surface area contributed by atoms with Crippen LogP contribution < -0.4 is 10.1 Å². The van der Waals surface area contributed by atoms with Gasteiger partial charge in [-0.15, -0.1) is 0 Å². The molecule has 114 valence electrons. The van der Waals surface area contributed by atoms with Crippen molar-refractivity contribution in [1.82, 2.24) is 5.32 Å². The Morgan fingerprint density at radius 2 is 2.00 bits per heavy atom. The number of hydrogen-bond donors (Lipinski definition) is 1.